The third-order valence-electron chi connectivity index (χ3n) is 2.70. The highest BCUT2D eigenvalue weighted by atomic mass is 32.1. The smallest absolute Gasteiger partial charge is 0.341 e. The number of ether oxygens (including phenoxy) is 1. The van der Waals surface area contributed by atoms with E-state index in [2.05, 4.69) is 10.5 Å². The van der Waals surface area contributed by atoms with E-state index in [4.69, 9.17) is 9.84 Å². The molecule has 2 aromatic rings. The fraction of sp³-hybridized carbons (Fsp3) is 0.133. The van der Waals surface area contributed by atoms with Crippen LogP contribution in [0.3, 0.4) is 0 Å². The average molecular weight is 318 g/mol. The number of hydrogen-bond donors (Lipinski definition) is 2. The van der Waals surface area contributed by atoms with Crippen molar-refractivity contribution in [2.75, 3.05) is 6.61 Å². The third kappa shape index (κ3) is 4.42. The molecule has 22 heavy (non-hydrogen) atoms. The van der Waals surface area contributed by atoms with E-state index in [1.54, 1.807) is 43.3 Å². The standard InChI is InChI=1S/C15H14N2O4S/c1-10(16-17-15(20)13-3-2-8-22-13)11-4-6-12(7-5-11)21-9-14(18)19/h2-8H,9H2,1H3,(H,17,20)(H,18,19). The van der Waals surface area contributed by atoms with Gasteiger partial charge in [-0.15, -0.1) is 11.3 Å². The Hall–Kier alpha value is -2.67. The Morgan fingerprint density at radius 1 is 1.27 bits per heavy atom. The summed E-state index contributed by atoms with van der Waals surface area (Å²) in [6.45, 7) is 1.38. The van der Waals surface area contributed by atoms with Crippen molar-refractivity contribution in [3.8, 4) is 5.75 Å². The molecule has 0 fully saturated rings. The molecular formula is C15H14N2O4S. The lowest BCUT2D eigenvalue weighted by molar-refractivity contribution is -0.139. The van der Waals surface area contributed by atoms with E-state index in [0.717, 1.165) is 5.56 Å². The molecule has 0 aliphatic rings. The summed E-state index contributed by atoms with van der Waals surface area (Å²) in [4.78, 5) is 22.8. The Kier molecular flexibility index (Phi) is 5.26. The summed E-state index contributed by atoms with van der Waals surface area (Å²) in [6, 6.07) is 10.3. The first-order valence-corrected chi connectivity index (χ1v) is 7.27. The van der Waals surface area contributed by atoms with Crippen LogP contribution in [0.25, 0.3) is 0 Å². The van der Waals surface area contributed by atoms with Crippen LogP contribution in [0.4, 0.5) is 0 Å². The number of aliphatic carboxylic acids is 1. The molecule has 0 saturated carbocycles. The minimum Gasteiger partial charge on any atom is -0.482 e. The highest BCUT2D eigenvalue weighted by Gasteiger charge is 2.06. The monoisotopic (exact) mass is 318 g/mol. The second-order valence-corrected chi connectivity index (χ2v) is 5.27. The van der Waals surface area contributed by atoms with Crippen LogP contribution >= 0.6 is 11.3 Å². The quantitative estimate of drug-likeness (QED) is 0.632. The van der Waals surface area contributed by atoms with Gasteiger partial charge in [-0.25, -0.2) is 10.2 Å². The Morgan fingerprint density at radius 2 is 2.00 bits per heavy atom. The number of hydrazone groups is 1. The Bertz CT molecular complexity index is 678. The van der Waals surface area contributed by atoms with Crippen molar-refractivity contribution in [3.63, 3.8) is 0 Å². The lowest BCUT2D eigenvalue weighted by atomic mass is 10.1. The number of amides is 1. The number of carboxylic acid groups (broad SMARTS) is 1. The normalized spacial score (nSPS) is 11.0. The number of benzene rings is 1. The van der Waals surface area contributed by atoms with E-state index in [0.29, 0.717) is 16.3 Å². The van der Waals surface area contributed by atoms with Crippen LogP contribution in [0.15, 0.2) is 46.9 Å². The van der Waals surface area contributed by atoms with Crippen molar-refractivity contribution in [1.29, 1.82) is 0 Å². The molecule has 1 aromatic heterocycles. The summed E-state index contributed by atoms with van der Waals surface area (Å²) in [5.41, 5.74) is 3.92. The van der Waals surface area contributed by atoms with Crippen molar-refractivity contribution in [3.05, 3.63) is 52.2 Å². The molecule has 7 heteroatoms. The van der Waals surface area contributed by atoms with E-state index in [1.807, 2.05) is 5.38 Å². The topological polar surface area (TPSA) is 88.0 Å². The second kappa shape index (κ2) is 7.37. The van der Waals surface area contributed by atoms with E-state index >= 15 is 0 Å². The van der Waals surface area contributed by atoms with Gasteiger partial charge >= 0.3 is 5.97 Å². The van der Waals surface area contributed by atoms with E-state index < -0.39 is 5.97 Å². The van der Waals surface area contributed by atoms with Crippen molar-refractivity contribution >= 4 is 28.9 Å². The van der Waals surface area contributed by atoms with Crippen LogP contribution in [0, 0.1) is 0 Å². The molecular weight excluding hydrogens is 304 g/mol. The summed E-state index contributed by atoms with van der Waals surface area (Å²) >= 11 is 1.34. The van der Waals surface area contributed by atoms with Gasteiger partial charge in [-0.1, -0.05) is 6.07 Å². The van der Waals surface area contributed by atoms with Crippen LogP contribution < -0.4 is 10.2 Å². The first-order chi connectivity index (χ1) is 10.6. The Balaban J connectivity index is 1.96. The molecule has 0 bridgehead atoms. The van der Waals surface area contributed by atoms with Crippen LogP contribution in [0.1, 0.15) is 22.2 Å². The molecule has 0 aliphatic carbocycles. The summed E-state index contributed by atoms with van der Waals surface area (Å²) in [6.07, 6.45) is 0. The lowest BCUT2D eigenvalue weighted by Gasteiger charge is -2.05. The van der Waals surface area contributed by atoms with Gasteiger partial charge in [-0.05, 0) is 48.2 Å². The zero-order valence-corrected chi connectivity index (χ0v) is 12.6. The predicted octanol–water partition coefficient (Wildman–Crippen LogP) is 2.37. The van der Waals surface area contributed by atoms with Crippen molar-refractivity contribution in [2.45, 2.75) is 6.92 Å². The van der Waals surface area contributed by atoms with Crippen molar-refractivity contribution in [2.24, 2.45) is 5.10 Å². The van der Waals surface area contributed by atoms with Gasteiger partial charge in [0.15, 0.2) is 6.61 Å². The Labute approximate surface area is 131 Å². The van der Waals surface area contributed by atoms with Gasteiger partial charge in [0, 0.05) is 0 Å². The molecule has 0 aliphatic heterocycles. The highest BCUT2D eigenvalue weighted by Crippen LogP contribution is 2.13. The molecule has 0 spiro atoms. The fourth-order valence-electron chi connectivity index (χ4n) is 1.60. The maximum Gasteiger partial charge on any atom is 0.341 e. The largest absolute Gasteiger partial charge is 0.482 e. The lowest BCUT2D eigenvalue weighted by Crippen LogP contribution is -2.18. The Morgan fingerprint density at radius 3 is 2.59 bits per heavy atom. The van der Waals surface area contributed by atoms with Crippen LogP contribution in [-0.4, -0.2) is 29.3 Å². The van der Waals surface area contributed by atoms with E-state index in [-0.39, 0.29) is 12.5 Å². The molecule has 1 heterocycles. The molecule has 0 saturated heterocycles. The fourth-order valence-corrected chi connectivity index (χ4v) is 2.21. The maximum absolute atomic E-state index is 11.8. The first kappa shape index (κ1) is 15.7. The third-order valence-corrected chi connectivity index (χ3v) is 3.57. The van der Waals surface area contributed by atoms with E-state index in [9.17, 15) is 9.59 Å². The van der Waals surface area contributed by atoms with Crippen molar-refractivity contribution < 1.29 is 19.4 Å². The van der Waals surface area contributed by atoms with Gasteiger partial charge in [-0.2, -0.15) is 5.10 Å². The minimum atomic E-state index is -1.03. The summed E-state index contributed by atoms with van der Waals surface area (Å²) in [5.74, 6) is -0.824. The van der Waals surface area contributed by atoms with Crippen LogP contribution in [-0.2, 0) is 4.79 Å². The van der Waals surface area contributed by atoms with Gasteiger partial charge in [0.25, 0.3) is 5.91 Å². The molecule has 1 aromatic carbocycles. The van der Waals surface area contributed by atoms with Gasteiger partial charge < -0.3 is 9.84 Å². The van der Waals surface area contributed by atoms with Crippen LogP contribution in [0.5, 0.6) is 5.75 Å². The maximum atomic E-state index is 11.8. The van der Waals surface area contributed by atoms with Gasteiger partial charge in [0.2, 0.25) is 0 Å². The SMILES string of the molecule is CC(=NNC(=O)c1cccs1)c1ccc(OCC(=O)O)cc1. The summed E-state index contributed by atoms with van der Waals surface area (Å²) in [7, 11) is 0. The number of carbonyl (C=O) groups is 2. The van der Waals surface area contributed by atoms with E-state index in [1.165, 1.54) is 11.3 Å². The molecule has 0 radical (unpaired) electrons. The summed E-state index contributed by atoms with van der Waals surface area (Å²) in [5, 5.41) is 14.4. The molecule has 6 nitrogen and oxygen atoms in total. The zero-order chi connectivity index (χ0) is 15.9. The molecule has 1 amide bonds. The van der Waals surface area contributed by atoms with Crippen LogP contribution in [0.2, 0.25) is 0 Å². The molecule has 0 unspecified atom stereocenters. The first-order valence-electron chi connectivity index (χ1n) is 6.39. The second-order valence-electron chi connectivity index (χ2n) is 4.32. The number of nitrogens with zero attached hydrogens (tertiary/aromatic N) is 1. The zero-order valence-electron chi connectivity index (χ0n) is 11.8. The van der Waals surface area contributed by atoms with Gasteiger partial charge in [0.1, 0.15) is 5.75 Å². The predicted molar refractivity (Wildman–Crippen MR) is 83.6 cm³/mol. The molecule has 0 atom stereocenters. The average Bonchev–Trinajstić information content (AvgIpc) is 3.05. The number of rotatable bonds is 6. The number of thiophene rings is 1. The molecule has 114 valence electrons. The highest BCUT2D eigenvalue weighted by molar-refractivity contribution is 7.12. The van der Waals surface area contributed by atoms with Crippen molar-refractivity contribution in [1.82, 2.24) is 5.43 Å². The van der Waals surface area contributed by atoms with Gasteiger partial charge in [0.05, 0.1) is 10.6 Å². The minimum absolute atomic E-state index is 0.254. The number of hydrogen-bond acceptors (Lipinski definition) is 5. The number of carbonyl (C=O) groups excluding carboxylic acids is 1. The number of nitrogens with one attached hydrogen (secondary N) is 1. The number of carboxylic acids is 1. The van der Waals surface area contributed by atoms with Gasteiger partial charge in [-0.3, -0.25) is 4.79 Å². The summed E-state index contributed by atoms with van der Waals surface area (Å²) < 4.78 is 5.04. The molecule has 2 rings (SSSR count). The molecule has 2 N–H and O–H groups in total.